The molecule has 5 rings (SSSR count). The lowest BCUT2D eigenvalue weighted by molar-refractivity contribution is 0.0698. The summed E-state index contributed by atoms with van der Waals surface area (Å²) >= 11 is 7.33. The third-order valence-corrected chi connectivity index (χ3v) is 8.46. The number of carbonyl (C=O) groups is 1. The number of amides is 1. The Kier molecular flexibility index (Phi) is 5.13. The van der Waals surface area contributed by atoms with E-state index in [9.17, 15) is 13.2 Å². The molecule has 158 valence electrons. The minimum atomic E-state index is -3.66. The number of thiazole rings is 1. The summed E-state index contributed by atoms with van der Waals surface area (Å²) in [6.45, 7) is 1.10. The van der Waals surface area contributed by atoms with Gasteiger partial charge in [0.1, 0.15) is 5.52 Å². The number of carbonyl (C=O) groups excluding carboxylic acids is 1. The molecule has 1 aliphatic rings. The number of pyridine rings is 1. The molecule has 1 aliphatic heterocycles. The highest BCUT2D eigenvalue weighted by Gasteiger charge is 2.31. The van der Waals surface area contributed by atoms with Crippen molar-refractivity contribution < 1.29 is 13.2 Å². The van der Waals surface area contributed by atoms with Crippen molar-refractivity contribution in [3.05, 3.63) is 64.9 Å². The monoisotopic (exact) mass is 472 g/mol. The Morgan fingerprint density at radius 3 is 2.52 bits per heavy atom. The summed E-state index contributed by atoms with van der Waals surface area (Å²) in [4.78, 5) is 23.1. The van der Waals surface area contributed by atoms with Gasteiger partial charge in [0.25, 0.3) is 5.91 Å². The third kappa shape index (κ3) is 3.78. The van der Waals surface area contributed by atoms with Crippen molar-refractivity contribution >= 4 is 59.9 Å². The fourth-order valence-electron chi connectivity index (χ4n) is 3.64. The summed E-state index contributed by atoms with van der Waals surface area (Å²) in [5.74, 6) is -0.180. The molecule has 4 aromatic rings. The molecule has 0 saturated carbocycles. The molecule has 0 atom stereocenters. The highest BCUT2D eigenvalue weighted by atomic mass is 35.5. The third-order valence-electron chi connectivity index (χ3n) is 5.31. The summed E-state index contributed by atoms with van der Waals surface area (Å²) in [5, 5.41) is 2.69. The van der Waals surface area contributed by atoms with Crippen molar-refractivity contribution in [3.8, 4) is 0 Å². The zero-order chi connectivity index (χ0) is 21.6. The van der Waals surface area contributed by atoms with Gasteiger partial charge in [-0.1, -0.05) is 23.7 Å². The summed E-state index contributed by atoms with van der Waals surface area (Å²) in [5.41, 5.74) is 0.689. The van der Waals surface area contributed by atoms with Gasteiger partial charge >= 0.3 is 0 Å². The fraction of sp³-hybridized carbons (Fsp3) is 0.190. The second-order valence-corrected chi connectivity index (χ2v) is 10.6. The van der Waals surface area contributed by atoms with Crippen LogP contribution in [0.1, 0.15) is 9.80 Å². The zero-order valence-corrected chi connectivity index (χ0v) is 18.6. The average Bonchev–Trinajstić information content (AvgIpc) is 3.22. The van der Waals surface area contributed by atoms with Crippen LogP contribution in [-0.2, 0) is 10.0 Å². The van der Waals surface area contributed by atoms with Gasteiger partial charge in [-0.2, -0.15) is 4.31 Å². The van der Waals surface area contributed by atoms with E-state index in [1.807, 2.05) is 6.07 Å². The van der Waals surface area contributed by atoms with E-state index in [4.69, 9.17) is 11.6 Å². The molecule has 1 fully saturated rings. The van der Waals surface area contributed by atoms with Gasteiger partial charge in [-0.15, -0.1) is 11.3 Å². The zero-order valence-electron chi connectivity index (χ0n) is 16.2. The Morgan fingerprint density at radius 1 is 1.00 bits per heavy atom. The number of hydrogen-bond donors (Lipinski definition) is 0. The van der Waals surface area contributed by atoms with Crippen LogP contribution >= 0.6 is 22.9 Å². The standard InChI is InChI=1S/C21H17ClN4O3S2/c22-16-3-1-15-12-17(4-2-14(15)11-16)31(28,29)26-9-7-25(8-10-26)21(27)20-24-18-13-23-6-5-19(18)30-20/h1-6,11-13H,7-10H2. The minimum absolute atomic E-state index is 0.180. The Bertz CT molecular complexity index is 1380. The van der Waals surface area contributed by atoms with E-state index >= 15 is 0 Å². The molecule has 1 amide bonds. The lowest BCUT2D eigenvalue weighted by Gasteiger charge is -2.33. The molecule has 10 heteroatoms. The number of rotatable bonds is 3. The highest BCUT2D eigenvalue weighted by Crippen LogP contribution is 2.26. The molecule has 0 spiro atoms. The summed E-state index contributed by atoms with van der Waals surface area (Å²) in [6.07, 6.45) is 3.30. The van der Waals surface area contributed by atoms with Crippen molar-refractivity contribution in [2.75, 3.05) is 26.2 Å². The molecule has 0 bridgehead atoms. The number of sulfonamides is 1. The molecule has 0 radical (unpaired) electrons. The average molecular weight is 473 g/mol. The minimum Gasteiger partial charge on any atom is -0.334 e. The summed E-state index contributed by atoms with van der Waals surface area (Å²) < 4.78 is 28.6. The lowest BCUT2D eigenvalue weighted by Crippen LogP contribution is -2.50. The van der Waals surface area contributed by atoms with E-state index < -0.39 is 10.0 Å². The number of piperazine rings is 1. The first-order chi connectivity index (χ1) is 14.9. The second-order valence-electron chi connectivity index (χ2n) is 7.21. The van der Waals surface area contributed by atoms with Gasteiger partial charge < -0.3 is 4.90 Å². The number of halogens is 1. The number of nitrogens with zero attached hydrogens (tertiary/aromatic N) is 4. The smallest absolute Gasteiger partial charge is 0.282 e. The Labute approximate surface area is 187 Å². The van der Waals surface area contributed by atoms with Gasteiger partial charge in [0.15, 0.2) is 5.01 Å². The van der Waals surface area contributed by atoms with Crippen molar-refractivity contribution in [1.82, 2.24) is 19.2 Å². The van der Waals surface area contributed by atoms with Gasteiger partial charge in [0.05, 0.1) is 15.8 Å². The Morgan fingerprint density at radius 2 is 1.74 bits per heavy atom. The number of hydrogen-bond acceptors (Lipinski definition) is 6. The van der Waals surface area contributed by atoms with Crippen LogP contribution in [-0.4, -0.2) is 59.7 Å². The molecule has 3 heterocycles. The van der Waals surface area contributed by atoms with Crippen LogP contribution in [0.3, 0.4) is 0 Å². The number of benzene rings is 2. The summed E-state index contributed by atoms with van der Waals surface area (Å²) in [7, 11) is -3.66. The predicted octanol–water partition coefficient (Wildman–Crippen LogP) is 3.64. The Balaban J connectivity index is 1.32. The predicted molar refractivity (Wildman–Crippen MR) is 121 cm³/mol. The molecule has 0 aliphatic carbocycles. The number of fused-ring (bicyclic) bond motifs is 2. The normalized spacial score (nSPS) is 15.6. The van der Waals surface area contributed by atoms with Crippen LogP contribution in [0.15, 0.2) is 59.8 Å². The lowest BCUT2D eigenvalue weighted by atomic mass is 10.1. The van der Waals surface area contributed by atoms with Crippen LogP contribution in [0.2, 0.25) is 5.02 Å². The Hall–Kier alpha value is -2.59. The molecule has 0 N–H and O–H groups in total. The molecular formula is C21H17ClN4O3S2. The van der Waals surface area contributed by atoms with Crippen LogP contribution in [0.5, 0.6) is 0 Å². The van der Waals surface area contributed by atoms with Crippen LogP contribution < -0.4 is 0 Å². The van der Waals surface area contributed by atoms with Crippen LogP contribution in [0.25, 0.3) is 21.0 Å². The van der Waals surface area contributed by atoms with Crippen LogP contribution in [0.4, 0.5) is 0 Å². The van der Waals surface area contributed by atoms with Gasteiger partial charge in [-0.25, -0.2) is 13.4 Å². The van der Waals surface area contributed by atoms with Gasteiger partial charge in [0, 0.05) is 37.4 Å². The topological polar surface area (TPSA) is 83.5 Å². The van der Waals surface area contributed by atoms with E-state index in [0.29, 0.717) is 28.6 Å². The maximum absolute atomic E-state index is 13.1. The van der Waals surface area contributed by atoms with E-state index in [0.717, 1.165) is 15.5 Å². The molecule has 0 unspecified atom stereocenters. The van der Waals surface area contributed by atoms with Gasteiger partial charge in [-0.3, -0.25) is 9.78 Å². The maximum Gasteiger partial charge on any atom is 0.282 e. The van der Waals surface area contributed by atoms with E-state index in [1.54, 1.807) is 53.7 Å². The van der Waals surface area contributed by atoms with Crippen molar-refractivity contribution in [2.24, 2.45) is 0 Å². The van der Waals surface area contributed by atoms with Gasteiger partial charge in [-0.05, 0) is 41.1 Å². The molecule has 2 aromatic heterocycles. The summed E-state index contributed by atoms with van der Waals surface area (Å²) in [6, 6.07) is 12.2. The van der Waals surface area contributed by atoms with E-state index in [1.165, 1.54) is 15.6 Å². The number of aromatic nitrogens is 2. The first kappa shape index (κ1) is 20.3. The van der Waals surface area contributed by atoms with Crippen molar-refractivity contribution in [1.29, 1.82) is 0 Å². The molecule has 7 nitrogen and oxygen atoms in total. The van der Waals surface area contributed by atoms with Gasteiger partial charge in [0.2, 0.25) is 10.0 Å². The molecular weight excluding hydrogens is 456 g/mol. The maximum atomic E-state index is 13.1. The molecule has 2 aromatic carbocycles. The molecule has 1 saturated heterocycles. The first-order valence-electron chi connectivity index (χ1n) is 9.61. The van der Waals surface area contributed by atoms with Crippen molar-refractivity contribution in [2.45, 2.75) is 4.90 Å². The largest absolute Gasteiger partial charge is 0.334 e. The fourth-order valence-corrected chi connectivity index (χ4v) is 6.18. The van der Waals surface area contributed by atoms with E-state index in [-0.39, 0.29) is 23.9 Å². The second kappa shape index (κ2) is 7.83. The highest BCUT2D eigenvalue weighted by molar-refractivity contribution is 7.89. The SMILES string of the molecule is O=C(c1nc2cnccc2s1)N1CCN(S(=O)(=O)c2ccc3cc(Cl)ccc3c2)CC1. The van der Waals surface area contributed by atoms with Crippen molar-refractivity contribution in [3.63, 3.8) is 0 Å². The van der Waals surface area contributed by atoms with Crippen LogP contribution in [0, 0.1) is 0 Å². The first-order valence-corrected chi connectivity index (χ1v) is 12.2. The molecule has 31 heavy (non-hydrogen) atoms. The van der Waals surface area contributed by atoms with E-state index in [2.05, 4.69) is 9.97 Å². The quantitative estimate of drug-likeness (QED) is 0.454.